The molecule has 2 aromatic carbocycles. The predicted molar refractivity (Wildman–Crippen MR) is 116 cm³/mol. The van der Waals surface area contributed by atoms with Crippen molar-refractivity contribution in [1.29, 1.82) is 0 Å². The molecular weight excluding hydrogens is 368 g/mol. The number of nitrogens with zero attached hydrogens (tertiary/aromatic N) is 2. The first-order chi connectivity index (χ1) is 13.4. The Morgan fingerprint density at radius 2 is 1.71 bits per heavy atom. The van der Waals surface area contributed by atoms with Crippen LogP contribution in [-0.2, 0) is 24.7 Å². The Morgan fingerprint density at radius 1 is 1.04 bits per heavy atom. The minimum Gasteiger partial charge on any atom is -0.332 e. The minimum absolute atomic E-state index is 0.136. The van der Waals surface area contributed by atoms with Crippen molar-refractivity contribution in [2.45, 2.75) is 26.7 Å². The molecule has 0 aliphatic rings. The normalized spacial score (nSPS) is 10.5. The Hall–Kier alpha value is -2.99. The van der Waals surface area contributed by atoms with E-state index in [9.17, 15) is 4.79 Å². The summed E-state index contributed by atoms with van der Waals surface area (Å²) in [5.41, 5.74) is 6.49. The van der Waals surface area contributed by atoms with Crippen LogP contribution in [0.15, 0.2) is 54.6 Å². The molecule has 28 heavy (non-hydrogen) atoms. The van der Waals surface area contributed by atoms with Crippen LogP contribution < -0.4 is 10.6 Å². The standard InChI is InChI=1S/C22H24N4OS/c1-15-20(16(2)26(3)25-15)13-18-9-11-19(12-10-18)23-22(28)24-21(27)14-17-7-5-4-6-8-17/h4-12H,13-14H2,1-3H3,(H2,23,24,27,28). The molecule has 5 nitrogen and oxygen atoms in total. The molecule has 0 spiro atoms. The molecular formula is C22H24N4OS. The lowest BCUT2D eigenvalue weighted by Crippen LogP contribution is -2.35. The average molecular weight is 393 g/mol. The Kier molecular flexibility index (Phi) is 6.21. The fraction of sp³-hybridized carbons (Fsp3) is 0.227. The van der Waals surface area contributed by atoms with Crippen molar-refractivity contribution in [2.24, 2.45) is 7.05 Å². The number of hydrogen-bond acceptors (Lipinski definition) is 3. The number of carbonyl (C=O) groups excluding carboxylic acids is 1. The van der Waals surface area contributed by atoms with Crippen molar-refractivity contribution < 1.29 is 4.79 Å². The van der Waals surface area contributed by atoms with Gasteiger partial charge < -0.3 is 10.6 Å². The number of nitrogens with one attached hydrogen (secondary N) is 2. The van der Waals surface area contributed by atoms with Crippen LogP contribution in [0.25, 0.3) is 0 Å². The van der Waals surface area contributed by atoms with Crippen molar-refractivity contribution >= 4 is 28.9 Å². The first kappa shape index (κ1) is 19.8. The van der Waals surface area contributed by atoms with Crippen LogP contribution in [0.2, 0.25) is 0 Å². The maximum Gasteiger partial charge on any atom is 0.230 e. The number of aromatic nitrogens is 2. The smallest absolute Gasteiger partial charge is 0.230 e. The van der Waals surface area contributed by atoms with Gasteiger partial charge in [0.05, 0.1) is 12.1 Å². The zero-order chi connectivity index (χ0) is 20.1. The van der Waals surface area contributed by atoms with E-state index in [4.69, 9.17) is 12.2 Å². The van der Waals surface area contributed by atoms with E-state index in [0.29, 0.717) is 11.5 Å². The summed E-state index contributed by atoms with van der Waals surface area (Å²) in [6.07, 6.45) is 1.13. The molecule has 1 aromatic heterocycles. The molecule has 0 aliphatic carbocycles. The SMILES string of the molecule is Cc1nn(C)c(C)c1Cc1ccc(NC(=S)NC(=O)Cc2ccccc2)cc1. The molecule has 1 amide bonds. The van der Waals surface area contributed by atoms with E-state index in [0.717, 1.165) is 23.4 Å². The molecule has 0 saturated heterocycles. The van der Waals surface area contributed by atoms with E-state index in [-0.39, 0.29) is 5.91 Å². The topological polar surface area (TPSA) is 59.0 Å². The van der Waals surface area contributed by atoms with Crippen LogP contribution in [0.4, 0.5) is 5.69 Å². The highest BCUT2D eigenvalue weighted by Gasteiger charge is 2.10. The summed E-state index contributed by atoms with van der Waals surface area (Å²) >= 11 is 5.25. The minimum atomic E-state index is -0.136. The number of anilines is 1. The fourth-order valence-corrected chi connectivity index (χ4v) is 3.33. The highest BCUT2D eigenvalue weighted by molar-refractivity contribution is 7.80. The number of amides is 1. The lowest BCUT2D eigenvalue weighted by Gasteiger charge is -2.10. The number of hydrogen-bond donors (Lipinski definition) is 2. The van der Waals surface area contributed by atoms with Gasteiger partial charge in [0.25, 0.3) is 0 Å². The highest BCUT2D eigenvalue weighted by Crippen LogP contribution is 2.18. The summed E-state index contributed by atoms with van der Waals surface area (Å²) in [7, 11) is 1.96. The highest BCUT2D eigenvalue weighted by atomic mass is 32.1. The van der Waals surface area contributed by atoms with E-state index in [1.165, 1.54) is 16.8 Å². The van der Waals surface area contributed by atoms with Gasteiger partial charge in [-0.2, -0.15) is 5.10 Å². The van der Waals surface area contributed by atoms with Crippen molar-refractivity contribution in [3.05, 3.63) is 82.7 Å². The summed E-state index contributed by atoms with van der Waals surface area (Å²) in [6, 6.07) is 17.6. The lowest BCUT2D eigenvalue weighted by molar-refractivity contribution is -0.119. The summed E-state index contributed by atoms with van der Waals surface area (Å²) in [5.74, 6) is -0.136. The summed E-state index contributed by atoms with van der Waals surface area (Å²) in [5, 5.41) is 10.5. The van der Waals surface area contributed by atoms with Crippen molar-refractivity contribution in [1.82, 2.24) is 15.1 Å². The van der Waals surface area contributed by atoms with Gasteiger partial charge in [0.1, 0.15) is 0 Å². The molecule has 2 N–H and O–H groups in total. The quantitative estimate of drug-likeness (QED) is 0.650. The molecule has 0 unspecified atom stereocenters. The van der Waals surface area contributed by atoms with E-state index in [2.05, 4.69) is 34.8 Å². The van der Waals surface area contributed by atoms with E-state index >= 15 is 0 Å². The Bertz CT molecular complexity index is 978. The average Bonchev–Trinajstić information content (AvgIpc) is 2.90. The van der Waals surface area contributed by atoms with Crippen LogP contribution in [0, 0.1) is 13.8 Å². The van der Waals surface area contributed by atoms with Crippen molar-refractivity contribution in [3.63, 3.8) is 0 Å². The molecule has 0 bridgehead atoms. The molecule has 0 atom stereocenters. The molecule has 0 saturated carbocycles. The van der Waals surface area contributed by atoms with E-state index in [1.807, 2.05) is 61.1 Å². The Labute approximate surface area is 170 Å². The van der Waals surface area contributed by atoms with Gasteiger partial charge in [0.15, 0.2) is 5.11 Å². The second-order valence-electron chi connectivity index (χ2n) is 6.81. The van der Waals surface area contributed by atoms with Gasteiger partial charge in [0, 0.05) is 30.4 Å². The zero-order valence-electron chi connectivity index (χ0n) is 16.3. The largest absolute Gasteiger partial charge is 0.332 e. The number of thiocarbonyl (C=S) groups is 1. The third kappa shape index (κ3) is 5.04. The van der Waals surface area contributed by atoms with Crippen LogP contribution in [0.1, 0.15) is 28.1 Å². The monoisotopic (exact) mass is 392 g/mol. The number of benzene rings is 2. The maximum absolute atomic E-state index is 12.1. The number of aryl methyl sites for hydroxylation is 2. The zero-order valence-corrected chi connectivity index (χ0v) is 17.1. The van der Waals surface area contributed by atoms with Gasteiger partial charge in [-0.25, -0.2) is 0 Å². The van der Waals surface area contributed by atoms with Gasteiger partial charge in [-0.1, -0.05) is 42.5 Å². The second kappa shape index (κ2) is 8.80. The fourth-order valence-electron chi connectivity index (χ4n) is 3.10. The molecule has 0 aliphatic heterocycles. The Morgan fingerprint density at radius 3 is 2.32 bits per heavy atom. The van der Waals surface area contributed by atoms with Crippen LogP contribution in [0.5, 0.6) is 0 Å². The van der Waals surface area contributed by atoms with E-state index in [1.54, 1.807) is 0 Å². The van der Waals surface area contributed by atoms with Crippen LogP contribution in [-0.4, -0.2) is 20.8 Å². The molecule has 3 rings (SSSR count). The van der Waals surface area contributed by atoms with Gasteiger partial charge in [-0.05, 0) is 49.3 Å². The van der Waals surface area contributed by atoms with Crippen LogP contribution in [0.3, 0.4) is 0 Å². The number of carbonyl (C=O) groups is 1. The van der Waals surface area contributed by atoms with Gasteiger partial charge in [-0.15, -0.1) is 0 Å². The predicted octanol–water partition coefficient (Wildman–Crippen LogP) is 3.68. The molecule has 1 heterocycles. The molecule has 6 heteroatoms. The third-order valence-electron chi connectivity index (χ3n) is 4.71. The first-order valence-corrected chi connectivity index (χ1v) is 9.56. The summed E-state index contributed by atoms with van der Waals surface area (Å²) in [6.45, 7) is 4.12. The van der Waals surface area contributed by atoms with Crippen LogP contribution >= 0.6 is 12.2 Å². The molecule has 0 radical (unpaired) electrons. The molecule has 3 aromatic rings. The summed E-state index contributed by atoms with van der Waals surface area (Å²) < 4.78 is 1.91. The lowest BCUT2D eigenvalue weighted by atomic mass is 10.0. The first-order valence-electron chi connectivity index (χ1n) is 9.15. The van der Waals surface area contributed by atoms with Gasteiger partial charge >= 0.3 is 0 Å². The van der Waals surface area contributed by atoms with E-state index < -0.39 is 0 Å². The summed E-state index contributed by atoms with van der Waals surface area (Å²) in [4.78, 5) is 12.1. The maximum atomic E-state index is 12.1. The van der Waals surface area contributed by atoms with Crippen molar-refractivity contribution in [3.8, 4) is 0 Å². The molecule has 0 fully saturated rings. The van der Waals surface area contributed by atoms with Crippen molar-refractivity contribution in [2.75, 3.05) is 5.32 Å². The van der Waals surface area contributed by atoms with Gasteiger partial charge in [-0.3, -0.25) is 9.48 Å². The second-order valence-corrected chi connectivity index (χ2v) is 7.22. The number of rotatable bonds is 5. The van der Waals surface area contributed by atoms with Gasteiger partial charge in [0.2, 0.25) is 5.91 Å². The third-order valence-corrected chi connectivity index (χ3v) is 4.92. The Balaban J connectivity index is 1.55. The molecule has 144 valence electrons.